The van der Waals surface area contributed by atoms with Crippen LogP contribution in [0.5, 0.6) is 0 Å². The Bertz CT molecular complexity index is 433. The van der Waals surface area contributed by atoms with E-state index >= 15 is 0 Å². The van der Waals surface area contributed by atoms with Crippen LogP contribution in [-0.4, -0.2) is 27.5 Å². The van der Waals surface area contributed by atoms with Crippen LogP contribution in [0.1, 0.15) is 20.3 Å². The van der Waals surface area contributed by atoms with Crippen molar-refractivity contribution in [3.8, 4) is 0 Å². The maximum absolute atomic E-state index is 12.2. The summed E-state index contributed by atoms with van der Waals surface area (Å²) in [5.74, 6) is 0. The lowest BCUT2D eigenvalue weighted by Gasteiger charge is -2.16. The van der Waals surface area contributed by atoms with Crippen LogP contribution in [0.3, 0.4) is 0 Å². The smallest absolute Gasteiger partial charge is 0.269 e. The molecule has 6 heteroatoms. The van der Waals surface area contributed by atoms with Gasteiger partial charge in [0.2, 0.25) is 0 Å². The molecule has 0 bridgehead atoms. The summed E-state index contributed by atoms with van der Waals surface area (Å²) in [4.78, 5) is 10.7. The summed E-state index contributed by atoms with van der Waals surface area (Å²) in [6.07, 6.45) is 0.792. The van der Waals surface area contributed by atoms with Crippen molar-refractivity contribution in [1.29, 1.82) is 0 Å². The first-order chi connectivity index (χ1) is 8.45. The minimum atomic E-state index is -1.13. The van der Waals surface area contributed by atoms with E-state index < -0.39 is 15.7 Å². The molecule has 0 heterocycles. The average Bonchev–Trinajstić information content (AvgIpc) is 2.37. The van der Waals surface area contributed by atoms with Gasteiger partial charge in [-0.15, -0.1) is 0 Å². The number of nitro groups is 1. The molecule has 0 aliphatic carbocycles. The second kappa shape index (κ2) is 6.61. The van der Waals surface area contributed by atoms with E-state index in [9.17, 15) is 14.3 Å². The van der Waals surface area contributed by atoms with Crippen LogP contribution < -0.4 is 5.32 Å². The predicted molar refractivity (Wildman–Crippen MR) is 72.1 cm³/mol. The lowest BCUT2D eigenvalue weighted by Crippen LogP contribution is -2.27. The zero-order chi connectivity index (χ0) is 13.7. The summed E-state index contributed by atoms with van der Waals surface area (Å²) in [6, 6.07) is 6.20. The topological polar surface area (TPSA) is 72.2 Å². The highest BCUT2D eigenvalue weighted by Crippen LogP contribution is 2.18. The Morgan fingerprint density at radius 2 is 1.89 bits per heavy atom. The first kappa shape index (κ1) is 14.8. The van der Waals surface area contributed by atoms with Crippen molar-refractivity contribution in [1.82, 2.24) is 5.32 Å². The number of rotatable bonds is 6. The zero-order valence-corrected chi connectivity index (χ0v) is 11.6. The van der Waals surface area contributed by atoms with Gasteiger partial charge in [-0.3, -0.25) is 14.3 Å². The highest BCUT2D eigenvalue weighted by Gasteiger charge is 2.16. The fraction of sp³-hybridized carbons (Fsp3) is 0.500. The Kier molecular flexibility index (Phi) is 5.43. The molecule has 3 unspecified atom stereocenters. The van der Waals surface area contributed by atoms with Gasteiger partial charge >= 0.3 is 0 Å². The van der Waals surface area contributed by atoms with Crippen molar-refractivity contribution in [2.24, 2.45) is 0 Å². The molecule has 1 rings (SSSR count). The predicted octanol–water partition coefficient (Wildman–Crippen LogP) is 2.09. The van der Waals surface area contributed by atoms with E-state index in [1.165, 1.54) is 12.1 Å². The van der Waals surface area contributed by atoms with E-state index in [4.69, 9.17) is 0 Å². The Balaban J connectivity index is 2.74. The summed E-state index contributed by atoms with van der Waals surface area (Å²) in [6.45, 7) is 3.95. The molecule has 0 aliphatic heterocycles. The van der Waals surface area contributed by atoms with Crippen LogP contribution in [-0.2, 0) is 10.8 Å². The van der Waals surface area contributed by atoms with E-state index in [2.05, 4.69) is 5.32 Å². The normalized spacial score (nSPS) is 15.9. The monoisotopic (exact) mass is 270 g/mol. The molecule has 1 N–H and O–H groups in total. The van der Waals surface area contributed by atoms with Crippen LogP contribution in [0.15, 0.2) is 29.2 Å². The quantitative estimate of drug-likeness (QED) is 0.634. The Hall–Kier alpha value is -1.27. The lowest BCUT2D eigenvalue weighted by atomic mass is 10.2. The molecule has 0 radical (unpaired) electrons. The van der Waals surface area contributed by atoms with E-state index in [1.807, 2.05) is 20.9 Å². The first-order valence-electron chi connectivity index (χ1n) is 5.78. The lowest BCUT2D eigenvalue weighted by molar-refractivity contribution is -0.384. The van der Waals surface area contributed by atoms with E-state index in [0.29, 0.717) is 10.9 Å². The summed E-state index contributed by atoms with van der Waals surface area (Å²) in [5, 5.41) is 13.6. The third-order valence-electron chi connectivity index (χ3n) is 2.82. The van der Waals surface area contributed by atoms with E-state index in [1.54, 1.807) is 12.1 Å². The third kappa shape index (κ3) is 3.89. The fourth-order valence-corrected chi connectivity index (χ4v) is 2.97. The van der Waals surface area contributed by atoms with Crippen molar-refractivity contribution < 1.29 is 9.13 Å². The molecule has 0 aliphatic rings. The summed E-state index contributed by atoms with van der Waals surface area (Å²) >= 11 is 0. The van der Waals surface area contributed by atoms with Crippen molar-refractivity contribution >= 4 is 16.5 Å². The average molecular weight is 270 g/mol. The second-order valence-corrected chi connectivity index (χ2v) is 6.16. The molecular weight excluding hydrogens is 252 g/mol. The minimum absolute atomic E-state index is 0.00825. The second-order valence-electron chi connectivity index (χ2n) is 4.28. The van der Waals surface area contributed by atoms with Gasteiger partial charge in [0.05, 0.1) is 15.7 Å². The molecule has 0 spiro atoms. The number of non-ortho nitro benzene ring substituents is 1. The molecule has 1 aromatic rings. The van der Waals surface area contributed by atoms with Gasteiger partial charge in [-0.1, -0.05) is 6.92 Å². The summed E-state index contributed by atoms with van der Waals surface area (Å²) in [5.41, 5.74) is 0.0204. The van der Waals surface area contributed by atoms with Crippen molar-refractivity contribution in [3.63, 3.8) is 0 Å². The number of nitrogens with zero attached hydrogens (tertiary/aromatic N) is 1. The molecule has 18 heavy (non-hydrogen) atoms. The molecule has 5 nitrogen and oxygen atoms in total. The number of benzene rings is 1. The van der Waals surface area contributed by atoms with Crippen LogP contribution in [0.25, 0.3) is 0 Å². The summed E-state index contributed by atoms with van der Waals surface area (Å²) < 4.78 is 12.2. The maximum Gasteiger partial charge on any atom is 0.269 e. The van der Waals surface area contributed by atoms with Crippen LogP contribution >= 0.6 is 0 Å². The van der Waals surface area contributed by atoms with Gasteiger partial charge in [0, 0.05) is 28.3 Å². The standard InChI is InChI=1S/C12H18N2O3S/c1-9(13-3)8-10(2)18(17)12-6-4-11(5-7-12)14(15)16/h4-7,9-10,13H,8H2,1-3H3. The van der Waals surface area contributed by atoms with Gasteiger partial charge in [-0.2, -0.15) is 0 Å². The Morgan fingerprint density at radius 3 is 2.33 bits per heavy atom. The molecule has 0 amide bonds. The van der Waals surface area contributed by atoms with Gasteiger partial charge in [-0.25, -0.2) is 0 Å². The van der Waals surface area contributed by atoms with Crippen LogP contribution in [0, 0.1) is 10.1 Å². The molecule has 100 valence electrons. The van der Waals surface area contributed by atoms with Crippen molar-refractivity contribution in [2.75, 3.05) is 7.05 Å². The van der Waals surface area contributed by atoms with Crippen LogP contribution in [0.4, 0.5) is 5.69 Å². The van der Waals surface area contributed by atoms with Gasteiger partial charge in [0.25, 0.3) is 5.69 Å². The van der Waals surface area contributed by atoms with E-state index in [-0.39, 0.29) is 10.9 Å². The van der Waals surface area contributed by atoms with E-state index in [0.717, 1.165) is 6.42 Å². The Labute approximate surface area is 109 Å². The van der Waals surface area contributed by atoms with Gasteiger partial charge in [-0.05, 0) is 32.5 Å². The highest BCUT2D eigenvalue weighted by molar-refractivity contribution is 7.85. The molecule has 0 aromatic heterocycles. The number of hydrogen-bond donors (Lipinski definition) is 1. The molecular formula is C12H18N2O3S. The number of nitro benzene ring substituents is 1. The number of nitrogens with one attached hydrogen (secondary N) is 1. The first-order valence-corrected chi connectivity index (χ1v) is 6.99. The fourth-order valence-electron chi connectivity index (χ4n) is 1.64. The molecule has 0 saturated carbocycles. The van der Waals surface area contributed by atoms with Gasteiger partial charge in [0.15, 0.2) is 0 Å². The van der Waals surface area contributed by atoms with Crippen molar-refractivity contribution in [3.05, 3.63) is 34.4 Å². The SMILES string of the molecule is CNC(C)CC(C)S(=O)c1ccc([N+](=O)[O-])cc1. The molecule has 1 aromatic carbocycles. The molecule has 0 saturated heterocycles. The molecule has 3 atom stereocenters. The van der Waals surface area contributed by atoms with Gasteiger partial charge < -0.3 is 5.32 Å². The maximum atomic E-state index is 12.2. The van der Waals surface area contributed by atoms with Crippen LogP contribution in [0.2, 0.25) is 0 Å². The van der Waals surface area contributed by atoms with Crippen molar-refractivity contribution in [2.45, 2.75) is 36.5 Å². The van der Waals surface area contributed by atoms with Gasteiger partial charge in [0.1, 0.15) is 0 Å². The number of hydrogen-bond acceptors (Lipinski definition) is 4. The largest absolute Gasteiger partial charge is 0.317 e. The zero-order valence-electron chi connectivity index (χ0n) is 10.8. The third-order valence-corrected chi connectivity index (χ3v) is 4.48. The highest BCUT2D eigenvalue weighted by atomic mass is 32.2. The molecule has 0 fully saturated rings. The summed E-state index contributed by atoms with van der Waals surface area (Å²) in [7, 11) is 0.733. The Morgan fingerprint density at radius 1 is 1.33 bits per heavy atom. The minimum Gasteiger partial charge on any atom is -0.317 e.